The standard InChI is InChI=1S/C20H20N2O3.ClH/c23-19-11-22-13-7-12(19)8-14(22)10-15(9-13)25-20(24)17-5-6-21-18-4-2-1-3-16(17)18;/h1-6,12-15H,7-11H2;1H. The van der Waals surface area contributed by atoms with Crippen LogP contribution >= 0.6 is 12.4 Å². The van der Waals surface area contributed by atoms with Gasteiger partial charge in [0.2, 0.25) is 0 Å². The summed E-state index contributed by atoms with van der Waals surface area (Å²) in [5.41, 5.74) is 1.39. The first-order valence-corrected chi connectivity index (χ1v) is 9.02. The van der Waals surface area contributed by atoms with Crippen LogP contribution in [0.15, 0.2) is 36.5 Å². The highest BCUT2D eigenvalue weighted by molar-refractivity contribution is 6.03. The van der Waals surface area contributed by atoms with Crippen molar-refractivity contribution in [2.24, 2.45) is 5.92 Å². The number of carbonyl (C=O) groups is 2. The number of pyridine rings is 1. The molecule has 0 spiro atoms. The highest BCUT2D eigenvalue weighted by Gasteiger charge is 2.49. The second-order valence-electron chi connectivity index (χ2n) is 7.49. The Bertz CT molecular complexity index is 850. The van der Waals surface area contributed by atoms with Gasteiger partial charge in [-0.25, -0.2) is 4.79 Å². The fourth-order valence-corrected chi connectivity index (χ4v) is 4.90. The quantitative estimate of drug-likeness (QED) is 0.758. The second-order valence-corrected chi connectivity index (χ2v) is 7.49. The van der Waals surface area contributed by atoms with Gasteiger partial charge in [-0.2, -0.15) is 0 Å². The molecule has 4 bridgehead atoms. The van der Waals surface area contributed by atoms with E-state index in [2.05, 4.69) is 9.88 Å². The number of nitrogens with zero attached hydrogens (tertiary/aromatic N) is 2. The zero-order valence-corrected chi connectivity index (χ0v) is 15.2. The largest absolute Gasteiger partial charge is 0.459 e. The Kier molecular flexibility index (Phi) is 4.45. The molecule has 0 saturated carbocycles. The van der Waals surface area contributed by atoms with Crippen molar-refractivity contribution in [3.63, 3.8) is 0 Å². The van der Waals surface area contributed by atoms with Crippen LogP contribution in [0.3, 0.4) is 0 Å². The number of hydrogen-bond acceptors (Lipinski definition) is 5. The van der Waals surface area contributed by atoms with Crippen LogP contribution in [0.5, 0.6) is 0 Å². The van der Waals surface area contributed by atoms with Crippen LogP contribution in [0.4, 0.5) is 0 Å². The predicted octanol–water partition coefficient (Wildman–Crippen LogP) is 3.01. The number of aromatic nitrogens is 1. The Morgan fingerprint density at radius 1 is 1.08 bits per heavy atom. The predicted molar refractivity (Wildman–Crippen MR) is 99.4 cm³/mol. The minimum absolute atomic E-state index is 0. The van der Waals surface area contributed by atoms with Crippen LogP contribution in [0.1, 0.15) is 36.0 Å². The molecule has 26 heavy (non-hydrogen) atoms. The second kappa shape index (κ2) is 6.63. The summed E-state index contributed by atoms with van der Waals surface area (Å²) in [6.45, 7) is 0.593. The summed E-state index contributed by atoms with van der Waals surface area (Å²) >= 11 is 0. The number of esters is 1. The van der Waals surface area contributed by atoms with Crippen LogP contribution in [0, 0.1) is 5.92 Å². The maximum Gasteiger partial charge on any atom is 0.339 e. The van der Waals surface area contributed by atoms with E-state index in [1.165, 1.54) is 0 Å². The summed E-state index contributed by atoms with van der Waals surface area (Å²) in [4.78, 5) is 31.3. The van der Waals surface area contributed by atoms with Gasteiger partial charge in [0.05, 0.1) is 17.6 Å². The van der Waals surface area contributed by atoms with Gasteiger partial charge in [0.1, 0.15) is 11.9 Å². The zero-order chi connectivity index (χ0) is 17.0. The molecule has 0 aliphatic carbocycles. The van der Waals surface area contributed by atoms with Gasteiger partial charge in [0.25, 0.3) is 0 Å². The number of carbonyl (C=O) groups excluding carboxylic acids is 2. The van der Waals surface area contributed by atoms with Crippen molar-refractivity contribution >= 4 is 35.1 Å². The molecule has 4 fully saturated rings. The Balaban J connectivity index is 0.00000168. The average Bonchev–Trinajstić information content (AvgIpc) is 2.61. The summed E-state index contributed by atoms with van der Waals surface area (Å²) < 4.78 is 5.88. The van der Waals surface area contributed by atoms with Gasteiger partial charge >= 0.3 is 5.97 Å². The summed E-state index contributed by atoms with van der Waals surface area (Å²) in [7, 11) is 0. The van der Waals surface area contributed by atoms with Gasteiger partial charge in [-0.3, -0.25) is 14.7 Å². The third kappa shape index (κ3) is 2.79. The highest BCUT2D eigenvalue weighted by atomic mass is 35.5. The summed E-state index contributed by atoms with van der Waals surface area (Å²) in [5, 5.41) is 0.833. The summed E-state index contributed by atoms with van der Waals surface area (Å²) in [5.74, 6) is 0.367. The lowest BCUT2D eigenvalue weighted by Gasteiger charge is -2.54. The Labute approximate surface area is 158 Å². The number of rotatable bonds is 2. The van der Waals surface area contributed by atoms with Crippen molar-refractivity contribution in [3.8, 4) is 0 Å². The molecule has 1 aromatic heterocycles. The summed E-state index contributed by atoms with van der Waals surface area (Å²) in [6, 6.07) is 10.1. The minimum atomic E-state index is -0.264. The van der Waals surface area contributed by atoms with Gasteiger partial charge in [0.15, 0.2) is 0 Å². The fourth-order valence-electron chi connectivity index (χ4n) is 4.90. The van der Waals surface area contributed by atoms with E-state index in [0.29, 0.717) is 30.0 Å². The third-order valence-corrected chi connectivity index (χ3v) is 6.06. The van der Waals surface area contributed by atoms with Crippen molar-refractivity contribution in [3.05, 3.63) is 42.1 Å². The summed E-state index contributed by atoms with van der Waals surface area (Å²) in [6.07, 6.45) is 5.15. The van der Waals surface area contributed by atoms with Gasteiger partial charge < -0.3 is 4.74 Å². The molecule has 0 radical (unpaired) electrons. The van der Waals surface area contributed by atoms with E-state index in [9.17, 15) is 9.59 Å². The van der Waals surface area contributed by atoms with E-state index in [1.807, 2.05) is 24.3 Å². The van der Waals surface area contributed by atoms with Crippen LogP contribution in [-0.4, -0.2) is 46.4 Å². The topological polar surface area (TPSA) is 59.5 Å². The lowest BCUT2D eigenvalue weighted by molar-refractivity contribution is -0.145. The molecule has 5 heterocycles. The van der Waals surface area contributed by atoms with Crippen LogP contribution in [-0.2, 0) is 9.53 Å². The zero-order valence-electron chi connectivity index (χ0n) is 14.3. The molecule has 5 nitrogen and oxygen atoms in total. The molecule has 6 heteroatoms. The highest BCUT2D eigenvalue weighted by Crippen LogP contribution is 2.42. The van der Waals surface area contributed by atoms with Crippen molar-refractivity contribution in [1.29, 1.82) is 0 Å². The molecule has 4 saturated heterocycles. The van der Waals surface area contributed by atoms with Crippen LogP contribution in [0.25, 0.3) is 10.9 Å². The van der Waals surface area contributed by atoms with Crippen molar-refractivity contribution in [1.82, 2.24) is 9.88 Å². The number of para-hydroxylation sites is 1. The van der Waals surface area contributed by atoms with Crippen molar-refractivity contribution < 1.29 is 14.3 Å². The molecule has 1 aromatic carbocycles. The van der Waals surface area contributed by atoms with Crippen LogP contribution < -0.4 is 0 Å². The van der Waals surface area contributed by atoms with Gasteiger partial charge in [-0.05, 0) is 25.0 Å². The first kappa shape index (κ1) is 17.4. The maximum atomic E-state index is 12.7. The SMILES string of the molecule is Cl.O=C(OC1CC2CC3CC(C1)N2CC3=O)c1ccnc2ccccc12. The lowest BCUT2D eigenvalue weighted by atomic mass is 9.72. The number of piperidine rings is 4. The van der Waals surface area contributed by atoms with E-state index in [0.717, 1.165) is 36.6 Å². The average molecular weight is 373 g/mol. The number of ketones is 1. The van der Waals surface area contributed by atoms with Crippen molar-refractivity contribution in [2.45, 2.75) is 43.9 Å². The lowest BCUT2D eigenvalue weighted by Crippen LogP contribution is -2.63. The number of halogens is 1. The van der Waals surface area contributed by atoms with E-state index >= 15 is 0 Å². The molecule has 0 amide bonds. The molecule has 4 aliphatic heterocycles. The first-order chi connectivity index (χ1) is 12.2. The Morgan fingerprint density at radius 3 is 2.54 bits per heavy atom. The van der Waals surface area contributed by atoms with Gasteiger partial charge in [-0.1, -0.05) is 18.2 Å². The van der Waals surface area contributed by atoms with E-state index in [4.69, 9.17) is 4.74 Å². The molecule has 2 aromatic rings. The molecular formula is C20H21ClN2O3. The van der Waals surface area contributed by atoms with Gasteiger partial charge in [0, 0.05) is 42.4 Å². The monoisotopic (exact) mass is 372 g/mol. The number of ether oxygens (including phenoxy) is 1. The Morgan fingerprint density at radius 2 is 1.81 bits per heavy atom. The molecule has 6 rings (SSSR count). The third-order valence-electron chi connectivity index (χ3n) is 6.06. The normalized spacial score (nSPS) is 32.2. The molecule has 2 atom stereocenters. The molecule has 2 unspecified atom stereocenters. The number of hydrogen-bond donors (Lipinski definition) is 0. The molecule has 0 N–H and O–H groups in total. The smallest absolute Gasteiger partial charge is 0.339 e. The van der Waals surface area contributed by atoms with E-state index in [1.54, 1.807) is 12.3 Å². The van der Waals surface area contributed by atoms with E-state index < -0.39 is 0 Å². The number of Topliss-reactive ketones (excluding diaryl/α,β-unsaturated/α-hetero) is 1. The molecule has 136 valence electrons. The van der Waals surface area contributed by atoms with Gasteiger partial charge in [-0.15, -0.1) is 12.4 Å². The number of fused-ring (bicyclic) bond motifs is 2. The van der Waals surface area contributed by atoms with Crippen LogP contribution in [0.2, 0.25) is 0 Å². The maximum absolute atomic E-state index is 12.7. The molecule has 4 aliphatic rings. The Hall–Kier alpha value is -1.98. The fraction of sp³-hybridized carbons (Fsp3) is 0.450. The van der Waals surface area contributed by atoms with Crippen molar-refractivity contribution in [2.75, 3.05) is 6.54 Å². The molecular weight excluding hydrogens is 352 g/mol. The minimum Gasteiger partial charge on any atom is -0.459 e. The van der Waals surface area contributed by atoms with E-state index in [-0.39, 0.29) is 30.4 Å². The first-order valence-electron chi connectivity index (χ1n) is 9.02. The number of benzene rings is 1.